The molecule has 5 rings (SSSR count). The Morgan fingerprint density at radius 1 is 0.541 bits per heavy atom. The summed E-state index contributed by atoms with van der Waals surface area (Å²) in [6.07, 6.45) is 1.03. The van der Waals surface area contributed by atoms with E-state index in [0.717, 1.165) is 22.3 Å². The third-order valence-corrected chi connectivity index (χ3v) is 17.1. The minimum atomic E-state index is -2.98. The number of carbonyl (C=O) groups excluding carboxylic acids is 2. The zero-order chi connectivity index (χ0) is 44.2. The van der Waals surface area contributed by atoms with Crippen molar-refractivity contribution in [2.45, 2.75) is 71.5 Å². The smallest absolute Gasteiger partial charge is 0.478 e. The summed E-state index contributed by atoms with van der Waals surface area (Å²) in [5.41, 5.74) is 2.91. The maximum absolute atomic E-state index is 14.1. The van der Waals surface area contributed by atoms with Crippen LogP contribution in [0.4, 0.5) is 0 Å². The average molecular weight is 871 g/mol. The Bertz CT molecular complexity index is 2130. The molecular formula is C46H58N2O11Si2. The number of fused-ring (bicyclic) bond motifs is 3. The molecule has 0 spiro atoms. The lowest BCUT2D eigenvalue weighted by Gasteiger charge is -2.34. The number of amides is 2. The monoisotopic (exact) mass is 870 g/mol. The second-order valence-corrected chi connectivity index (χ2v) is 20.8. The Labute approximate surface area is 360 Å². The molecule has 0 saturated carbocycles. The van der Waals surface area contributed by atoms with Crippen LogP contribution >= 0.6 is 0 Å². The van der Waals surface area contributed by atoms with Crippen molar-refractivity contribution in [1.29, 1.82) is 0 Å². The molecule has 1 aliphatic carbocycles. The number of carboxylic acid groups (broad SMARTS) is 2. The van der Waals surface area contributed by atoms with Gasteiger partial charge in [-0.1, -0.05) is 60.7 Å². The molecule has 0 fully saturated rings. The zero-order valence-electron chi connectivity index (χ0n) is 35.9. The van der Waals surface area contributed by atoms with Crippen LogP contribution in [0.15, 0.2) is 84.9 Å². The number of hydrogen-bond donors (Lipinski definition) is 4. The number of rotatable bonds is 24. The molecule has 13 nitrogen and oxygen atoms in total. The number of benzene rings is 4. The largest absolute Gasteiger partial charge is 0.500 e. The number of nitrogens with one attached hydrogen (secondary N) is 2. The van der Waals surface area contributed by atoms with E-state index < -0.39 is 46.5 Å². The number of carbonyl (C=O) groups is 4. The van der Waals surface area contributed by atoms with Crippen molar-refractivity contribution in [3.63, 3.8) is 0 Å². The molecule has 4 aromatic carbocycles. The van der Waals surface area contributed by atoms with Gasteiger partial charge in [0.1, 0.15) is 0 Å². The summed E-state index contributed by atoms with van der Waals surface area (Å²) in [5.74, 6) is -3.68. The fraction of sp³-hybridized carbons (Fsp3) is 0.391. The molecule has 15 heteroatoms. The van der Waals surface area contributed by atoms with Crippen LogP contribution in [0.25, 0.3) is 11.1 Å². The van der Waals surface area contributed by atoms with E-state index in [1.165, 1.54) is 12.1 Å². The van der Waals surface area contributed by atoms with Crippen LogP contribution in [-0.2, 0) is 27.5 Å². The van der Waals surface area contributed by atoms with Crippen molar-refractivity contribution in [2.75, 3.05) is 46.1 Å². The van der Waals surface area contributed by atoms with Gasteiger partial charge in [-0.2, -0.15) is 0 Å². The normalized spacial score (nSPS) is 13.0. The summed E-state index contributed by atoms with van der Waals surface area (Å²) in [6, 6.07) is 26.1. The first-order valence-corrected chi connectivity index (χ1v) is 25.5. The lowest BCUT2D eigenvalue weighted by Crippen LogP contribution is -2.46. The first-order chi connectivity index (χ1) is 29.3. The van der Waals surface area contributed by atoms with Crippen LogP contribution in [0.1, 0.15) is 111 Å². The molecule has 326 valence electrons. The first-order valence-electron chi connectivity index (χ1n) is 21.1. The lowest BCUT2D eigenvalue weighted by molar-refractivity contribution is 0.0682. The highest BCUT2D eigenvalue weighted by atomic mass is 28.4. The SMILES string of the molecule is CCO[Si](C)(CCCNC(=O)c1cc(C2(c3ccc(C(=O)O)c(C(=O)NCCC[Si](OCC)(OCC)OCC)c3)c3ccccc3-c3ccccc32)ccc1C(=O)O)OCC. The number of carboxylic acids is 2. The van der Waals surface area contributed by atoms with Crippen molar-refractivity contribution < 1.29 is 51.5 Å². The van der Waals surface area contributed by atoms with Gasteiger partial charge >= 0.3 is 29.3 Å². The molecule has 0 atom stereocenters. The Balaban J connectivity index is 1.59. The van der Waals surface area contributed by atoms with Gasteiger partial charge < -0.3 is 43.0 Å². The van der Waals surface area contributed by atoms with Crippen molar-refractivity contribution in [3.05, 3.63) is 129 Å². The summed E-state index contributed by atoms with van der Waals surface area (Å²) in [6.45, 7) is 14.2. The Morgan fingerprint density at radius 3 is 1.33 bits per heavy atom. The molecule has 1 aliphatic rings. The van der Waals surface area contributed by atoms with Gasteiger partial charge in [-0.25, -0.2) is 9.59 Å². The second kappa shape index (κ2) is 21.2. The minimum absolute atomic E-state index is 0.0354. The maximum Gasteiger partial charge on any atom is 0.500 e. The molecule has 4 aromatic rings. The van der Waals surface area contributed by atoms with E-state index in [4.69, 9.17) is 22.1 Å². The van der Waals surface area contributed by atoms with Gasteiger partial charge in [-0.05, 0) is 118 Å². The molecule has 0 unspecified atom stereocenters. The predicted molar refractivity (Wildman–Crippen MR) is 237 cm³/mol. The summed E-state index contributed by atoms with van der Waals surface area (Å²) in [4.78, 5) is 53.5. The molecule has 0 aromatic heterocycles. The summed E-state index contributed by atoms with van der Waals surface area (Å²) >= 11 is 0. The van der Waals surface area contributed by atoms with Crippen LogP contribution in [0.3, 0.4) is 0 Å². The van der Waals surface area contributed by atoms with E-state index in [0.29, 0.717) is 69.1 Å². The Morgan fingerprint density at radius 2 is 0.934 bits per heavy atom. The summed E-state index contributed by atoms with van der Waals surface area (Å²) < 4.78 is 29.8. The summed E-state index contributed by atoms with van der Waals surface area (Å²) in [7, 11) is -5.43. The van der Waals surface area contributed by atoms with Gasteiger partial charge in [0.15, 0.2) is 0 Å². The van der Waals surface area contributed by atoms with Crippen molar-refractivity contribution in [1.82, 2.24) is 10.6 Å². The fourth-order valence-electron chi connectivity index (χ4n) is 8.43. The van der Waals surface area contributed by atoms with Gasteiger partial charge in [-0.15, -0.1) is 0 Å². The van der Waals surface area contributed by atoms with Crippen LogP contribution in [0.2, 0.25) is 18.6 Å². The number of hydrogen-bond acceptors (Lipinski definition) is 9. The highest BCUT2D eigenvalue weighted by Crippen LogP contribution is 2.56. The molecule has 0 radical (unpaired) electrons. The fourth-order valence-corrected chi connectivity index (χ4v) is 13.5. The van der Waals surface area contributed by atoms with Gasteiger partial charge in [0.05, 0.1) is 27.7 Å². The van der Waals surface area contributed by atoms with Crippen LogP contribution in [-0.4, -0.2) is 97.5 Å². The first kappa shape index (κ1) is 47.0. The van der Waals surface area contributed by atoms with Crippen molar-refractivity contribution in [2.24, 2.45) is 0 Å². The van der Waals surface area contributed by atoms with Gasteiger partial charge in [0.25, 0.3) is 11.8 Å². The second-order valence-electron chi connectivity index (χ2n) is 14.7. The standard InChI is InChI=1S/C46H58N2O11Si2/c1-7-55-60(6,56-8-2)28-16-26-47-42(49)38-30-32(22-24-36(38)44(51)52)46(40-20-14-12-18-34(40)35-19-13-15-21-41(35)46)33-23-25-37(45(53)54)39(31-33)43(50)48-27-17-29-61(57-9-3,58-10-4)59-11-5/h12-15,18-25,30-31H,7-11,16-17,26-29H2,1-6H3,(H,47,49)(H,48,50)(H,51,52)(H,53,54). The Kier molecular flexibility index (Phi) is 16.3. The molecule has 0 bridgehead atoms. The molecule has 2 amide bonds. The minimum Gasteiger partial charge on any atom is -0.478 e. The van der Waals surface area contributed by atoms with E-state index in [-0.39, 0.29) is 35.3 Å². The molecule has 61 heavy (non-hydrogen) atoms. The average Bonchev–Trinajstić information content (AvgIpc) is 3.55. The molecule has 0 heterocycles. The highest BCUT2D eigenvalue weighted by Gasteiger charge is 2.47. The van der Waals surface area contributed by atoms with Gasteiger partial charge in [-0.3, -0.25) is 9.59 Å². The van der Waals surface area contributed by atoms with E-state index in [2.05, 4.69) is 10.6 Å². The van der Waals surface area contributed by atoms with Crippen molar-refractivity contribution in [3.8, 4) is 11.1 Å². The van der Waals surface area contributed by atoms with Crippen LogP contribution in [0.5, 0.6) is 0 Å². The van der Waals surface area contributed by atoms with Gasteiger partial charge in [0.2, 0.25) is 0 Å². The van der Waals surface area contributed by atoms with Crippen molar-refractivity contribution >= 4 is 41.1 Å². The lowest BCUT2D eigenvalue weighted by atomic mass is 9.66. The maximum atomic E-state index is 14.1. The molecule has 4 N–H and O–H groups in total. The van der Waals surface area contributed by atoms with E-state index in [1.807, 2.05) is 89.7 Å². The highest BCUT2D eigenvalue weighted by molar-refractivity contribution is 6.66. The predicted octanol–water partition coefficient (Wildman–Crippen LogP) is 7.88. The molecule has 0 saturated heterocycles. The zero-order valence-corrected chi connectivity index (χ0v) is 37.9. The molecular weight excluding hydrogens is 813 g/mol. The topological polar surface area (TPSA) is 179 Å². The Hall–Kier alpha value is -5.01. The van der Waals surface area contributed by atoms with Crippen LogP contribution in [0, 0.1) is 0 Å². The summed E-state index contributed by atoms with van der Waals surface area (Å²) in [5, 5.41) is 26.5. The third kappa shape index (κ3) is 10.2. The quantitative estimate of drug-likeness (QED) is 0.0350. The van der Waals surface area contributed by atoms with Crippen LogP contribution < -0.4 is 10.6 Å². The molecule has 0 aliphatic heterocycles. The van der Waals surface area contributed by atoms with Gasteiger partial charge in [0, 0.05) is 52.2 Å². The van der Waals surface area contributed by atoms with E-state index in [9.17, 15) is 29.4 Å². The van der Waals surface area contributed by atoms with E-state index >= 15 is 0 Å². The third-order valence-electron chi connectivity index (χ3n) is 10.8. The van der Waals surface area contributed by atoms with E-state index in [1.54, 1.807) is 24.3 Å². The number of aromatic carboxylic acids is 2.